The predicted octanol–water partition coefficient (Wildman–Crippen LogP) is 1.48. The molecule has 4 heteroatoms. The summed E-state index contributed by atoms with van der Waals surface area (Å²) in [6, 6.07) is 0. The molecule has 48 valence electrons. The minimum atomic E-state index is -0.427. The summed E-state index contributed by atoms with van der Waals surface area (Å²) >= 11 is 8.62. The van der Waals surface area contributed by atoms with E-state index >= 15 is 0 Å². The van der Waals surface area contributed by atoms with Crippen molar-refractivity contribution in [1.82, 2.24) is 0 Å². The quantitative estimate of drug-likeness (QED) is 0.555. The van der Waals surface area contributed by atoms with Crippen LogP contribution in [0.25, 0.3) is 0 Å². The summed E-state index contributed by atoms with van der Waals surface area (Å²) in [5, 5.41) is 0.481. The number of dihydropyridines is 1. The van der Waals surface area contributed by atoms with Gasteiger partial charge in [0.15, 0.2) is 0 Å². The van der Waals surface area contributed by atoms with Crippen LogP contribution in [0.15, 0.2) is 16.1 Å². The minimum absolute atomic E-state index is 0.248. The Hall–Kier alpha value is -0.150. The third-order valence-electron chi connectivity index (χ3n) is 0.894. The van der Waals surface area contributed by atoms with Crippen LogP contribution in [0.1, 0.15) is 0 Å². The first-order valence-corrected chi connectivity index (χ1v) is 3.59. The number of aliphatic imine (C=N–C) groups is 1. The molecule has 1 aliphatic rings. The second-order valence-corrected chi connectivity index (χ2v) is 2.88. The second kappa shape index (κ2) is 2.62. The van der Waals surface area contributed by atoms with Gasteiger partial charge in [0.1, 0.15) is 4.83 Å². The summed E-state index contributed by atoms with van der Waals surface area (Å²) in [4.78, 5) is 13.7. The largest absolute Gasteiger partial charge is 0.271 e. The van der Waals surface area contributed by atoms with Crippen molar-refractivity contribution in [3.63, 3.8) is 0 Å². The molecule has 0 fully saturated rings. The van der Waals surface area contributed by atoms with E-state index in [0.717, 1.165) is 0 Å². The van der Waals surface area contributed by atoms with E-state index in [9.17, 15) is 4.79 Å². The highest BCUT2D eigenvalue weighted by Crippen LogP contribution is 2.19. The molecule has 0 aromatic carbocycles. The van der Waals surface area contributed by atoms with Crippen molar-refractivity contribution < 1.29 is 4.79 Å². The average molecular weight is 208 g/mol. The lowest BCUT2D eigenvalue weighted by molar-refractivity contribution is -0.116. The Morgan fingerprint density at radius 3 is 2.89 bits per heavy atom. The first kappa shape index (κ1) is 6.96. The van der Waals surface area contributed by atoms with Crippen LogP contribution in [0, 0.1) is 0 Å². The Kier molecular flexibility index (Phi) is 2.03. The van der Waals surface area contributed by atoms with Crippen LogP contribution >= 0.6 is 27.5 Å². The maximum absolute atomic E-state index is 10.6. The average Bonchev–Trinajstić information content (AvgIpc) is 1.83. The van der Waals surface area contributed by atoms with Crippen molar-refractivity contribution in [3.05, 3.63) is 11.1 Å². The Balaban J connectivity index is 2.86. The third kappa shape index (κ3) is 1.40. The van der Waals surface area contributed by atoms with Gasteiger partial charge in [0.25, 0.3) is 5.91 Å². The molecule has 1 atom stereocenters. The number of rotatable bonds is 0. The molecule has 1 amide bonds. The second-order valence-electron chi connectivity index (χ2n) is 1.53. The van der Waals surface area contributed by atoms with Gasteiger partial charge >= 0.3 is 0 Å². The molecular weight excluding hydrogens is 205 g/mol. The SMILES string of the molecule is O=C1N=CC=C(Cl)C1Br. The fraction of sp³-hybridized carbons (Fsp3) is 0.200. The Labute approximate surface area is 65.7 Å². The van der Waals surface area contributed by atoms with Crippen LogP contribution in [0.3, 0.4) is 0 Å². The molecule has 0 N–H and O–H groups in total. The van der Waals surface area contributed by atoms with Gasteiger partial charge in [-0.15, -0.1) is 0 Å². The molecule has 0 aliphatic carbocycles. The van der Waals surface area contributed by atoms with Crippen LogP contribution in [0.5, 0.6) is 0 Å². The molecule has 1 aliphatic heterocycles. The van der Waals surface area contributed by atoms with E-state index in [4.69, 9.17) is 11.6 Å². The van der Waals surface area contributed by atoms with E-state index in [1.54, 1.807) is 6.08 Å². The minimum Gasteiger partial charge on any atom is -0.271 e. The molecule has 1 unspecified atom stereocenters. The number of nitrogens with zero attached hydrogens (tertiary/aromatic N) is 1. The molecule has 0 aromatic heterocycles. The van der Waals surface area contributed by atoms with Gasteiger partial charge in [-0.25, -0.2) is 4.99 Å². The molecule has 9 heavy (non-hydrogen) atoms. The van der Waals surface area contributed by atoms with Crippen LogP contribution in [0.2, 0.25) is 0 Å². The highest BCUT2D eigenvalue weighted by atomic mass is 79.9. The zero-order chi connectivity index (χ0) is 6.85. The first-order valence-electron chi connectivity index (χ1n) is 2.29. The Bertz CT molecular complexity index is 199. The standard InChI is InChI=1S/C5H3BrClNO/c6-4-3(7)1-2-8-5(4)9/h1-2,4H. The summed E-state index contributed by atoms with van der Waals surface area (Å²) in [6.45, 7) is 0. The van der Waals surface area contributed by atoms with E-state index in [0.29, 0.717) is 5.03 Å². The summed E-state index contributed by atoms with van der Waals surface area (Å²) < 4.78 is 0. The van der Waals surface area contributed by atoms with E-state index in [1.807, 2.05) is 0 Å². The molecule has 0 saturated heterocycles. The van der Waals surface area contributed by atoms with Gasteiger partial charge in [-0.1, -0.05) is 27.5 Å². The van der Waals surface area contributed by atoms with Gasteiger partial charge in [0.2, 0.25) is 0 Å². The molecule has 2 nitrogen and oxygen atoms in total. The van der Waals surface area contributed by atoms with Crippen LogP contribution in [-0.4, -0.2) is 16.9 Å². The summed E-state index contributed by atoms with van der Waals surface area (Å²) in [5.74, 6) is -0.248. The molecule has 0 saturated carbocycles. The van der Waals surface area contributed by atoms with Crippen molar-refractivity contribution in [3.8, 4) is 0 Å². The first-order chi connectivity index (χ1) is 4.22. The molecular formula is C5H3BrClNO. The summed E-state index contributed by atoms with van der Waals surface area (Å²) in [7, 11) is 0. The molecule has 0 radical (unpaired) electrons. The van der Waals surface area contributed by atoms with Gasteiger partial charge in [-0.2, -0.15) is 0 Å². The van der Waals surface area contributed by atoms with Gasteiger partial charge in [-0.05, 0) is 6.08 Å². The van der Waals surface area contributed by atoms with Crippen molar-refractivity contribution in [2.24, 2.45) is 4.99 Å². The zero-order valence-electron chi connectivity index (χ0n) is 4.34. The lowest BCUT2D eigenvalue weighted by Crippen LogP contribution is -2.14. The third-order valence-corrected chi connectivity index (χ3v) is 2.39. The highest BCUT2D eigenvalue weighted by Gasteiger charge is 2.18. The van der Waals surface area contributed by atoms with E-state index in [1.165, 1.54) is 6.21 Å². The van der Waals surface area contributed by atoms with E-state index in [2.05, 4.69) is 20.9 Å². The number of hydrogen-bond donors (Lipinski definition) is 0. The fourth-order valence-corrected chi connectivity index (χ4v) is 0.870. The number of alkyl halides is 1. The number of amides is 1. The normalized spacial score (nSPS) is 26.2. The molecule has 0 bridgehead atoms. The lowest BCUT2D eigenvalue weighted by atomic mass is 10.3. The topological polar surface area (TPSA) is 29.4 Å². The van der Waals surface area contributed by atoms with Crippen molar-refractivity contribution >= 4 is 39.7 Å². The fourth-order valence-electron chi connectivity index (χ4n) is 0.450. The maximum atomic E-state index is 10.6. The summed E-state index contributed by atoms with van der Waals surface area (Å²) in [6.07, 6.45) is 2.98. The number of hydrogen-bond acceptors (Lipinski definition) is 1. The number of carbonyl (C=O) groups is 1. The van der Waals surface area contributed by atoms with E-state index < -0.39 is 4.83 Å². The maximum Gasteiger partial charge on any atom is 0.264 e. The number of halogens is 2. The summed E-state index contributed by atoms with van der Waals surface area (Å²) in [5.41, 5.74) is 0. The van der Waals surface area contributed by atoms with Gasteiger partial charge in [-0.3, -0.25) is 4.79 Å². The van der Waals surface area contributed by atoms with Crippen LogP contribution in [-0.2, 0) is 4.79 Å². The van der Waals surface area contributed by atoms with Crippen molar-refractivity contribution in [2.75, 3.05) is 0 Å². The Morgan fingerprint density at radius 1 is 1.78 bits per heavy atom. The van der Waals surface area contributed by atoms with Crippen LogP contribution < -0.4 is 0 Å². The van der Waals surface area contributed by atoms with Gasteiger partial charge in [0.05, 0.1) is 0 Å². The van der Waals surface area contributed by atoms with Crippen molar-refractivity contribution in [2.45, 2.75) is 4.83 Å². The van der Waals surface area contributed by atoms with Crippen LogP contribution in [0.4, 0.5) is 0 Å². The van der Waals surface area contributed by atoms with Gasteiger partial charge < -0.3 is 0 Å². The smallest absolute Gasteiger partial charge is 0.264 e. The van der Waals surface area contributed by atoms with E-state index in [-0.39, 0.29) is 5.91 Å². The lowest BCUT2D eigenvalue weighted by Gasteiger charge is -2.05. The monoisotopic (exact) mass is 207 g/mol. The molecule has 0 spiro atoms. The van der Waals surface area contributed by atoms with Crippen molar-refractivity contribution in [1.29, 1.82) is 0 Å². The van der Waals surface area contributed by atoms with Gasteiger partial charge in [0, 0.05) is 11.2 Å². The molecule has 0 aromatic rings. The number of allylic oxidation sites excluding steroid dienone is 1. The molecule has 1 heterocycles. The zero-order valence-corrected chi connectivity index (χ0v) is 6.69. The number of carbonyl (C=O) groups excluding carboxylic acids is 1. The Morgan fingerprint density at radius 2 is 2.44 bits per heavy atom. The highest BCUT2D eigenvalue weighted by molar-refractivity contribution is 9.10. The predicted molar refractivity (Wildman–Crippen MR) is 40.2 cm³/mol. The molecule has 1 rings (SSSR count).